The number of hydrogen-bond donors (Lipinski definition) is 2. The van der Waals surface area contributed by atoms with E-state index in [4.69, 9.17) is 5.11 Å². The van der Waals surface area contributed by atoms with Crippen LogP contribution in [-0.4, -0.2) is 17.8 Å². The lowest BCUT2D eigenvalue weighted by molar-refractivity contribution is 0.268. The van der Waals surface area contributed by atoms with Gasteiger partial charge in [-0.25, -0.2) is 0 Å². The molecular weight excluding hydrogens is 186 g/mol. The van der Waals surface area contributed by atoms with Gasteiger partial charge in [0.15, 0.2) is 0 Å². The quantitative estimate of drug-likeness (QED) is 0.775. The maximum Gasteiger partial charge on any atom is 0.0445 e. The van der Waals surface area contributed by atoms with Crippen LogP contribution in [0.5, 0.6) is 0 Å². The van der Waals surface area contributed by atoms with Crippen molar-refractivity contribution in [2.24, 2.45) is 0 Å². The predicted octanol–water partition coefficient (Wildman–Crippen LogP) is 2.16. The van der Waals surface area contributed by atoms with Crippen LogP contribution in [0.25, 0.3) is 0 Å². The van der Waals surface area contributed by atoms with Gasteiger partial charge in [0, 0.05) is 19.2 Å². The van der Waals surface area contributed by atoms with Crippen LogP contribution in [-0.2, 0) is 6.54 Å². The largest absolute Gasteiger partial charge is 0.396 e. The average molecular weight is 207 g/mol. The maximum atomic E-state index is 8.78. The van der Waals surface area contributed by atoms with E-state index in [1.54, 1.807) is 0 Å². The van der Waals surface area contributed by atoms with Crippen molar-refractivity contribution < 1.29 is 5.11 Å². The summed E-state index contributed by atoms with van der Waals surface area (Å²) in [5, 5.41) is 12.2. The van der Waals surface area contributed by atoms with E-state index in [0.29, 0.717) is 6.04 Å². The Hall–Kier alpha value is -0.860. The first-order chi connectivity index (χ1) is 7.11. The van der Waals surface area contributed by atoms with Crippen LogP contribution in [0.2, 0.25) is 0 Å². The van der Waals surface area contributed by atoms with Crippen molar-refractivity contribution in [3.05, 3.63) is 34.9 Å². The predicted molar refractivity (Wildman–Crippen MR) is 63.9 cm³/mol. The highest BCUT2D eigenvalue weighted by molar-refractivity contribution is 5.28. The molecule has 0 bridgehead atoms. The molecule has 1 aromatic rings. The molecule has 0 saturated heterocycles. The van der Waals surface area contributed by atoms with Crippen molar-refractivity contribution in [3.63, 3.8) is 0 Å². The standard InChI is InChI=1S/C13H21NO/c1-10-6-11(2)8-13(7-10)9-14-12(3)4-5-15/h6-8,12,14-15H,4-5,9H2,1-3H3/t12-/m1/s1. The molecule has 0 amide bonds. The minimum atomic E-state index is 0.251. The lowest BCUT2D eigenvalue weighted by Crippen LogP contribution is -2.26. The van der Waals surface area contributed by atoms with E-state index in [1.165, 1.54) is 16.7 Å². The summed E-state index contributed by atoms with van der Waals surface area (Å²) in [6, 6.07) is 6.95. The summed E-state index contributed by atoms with van der Waals surface area (Å²) in [6.45, 7) is 7.46. The van der Waals surface area contributed by atoms with Gasteiger partial charge in [-0.05, 0) is 32.8 Å². The second-order valence-corrected chi connectivity index (χ2v) is 4.29. The van der Waals surface area contributed by atoms with Crippen LogP contribution in [0, 0.1) is 13.8 Å². The molecule has 0 aliphatic heterocycles. The van der Waals surface area contributed by atoms with Gasteiger partial charge in [-0.3, -0.25) is 0 Å². The van der Waals surface area contributed by atoms with Gasteiger partial charge in [-0.2, -0.15) is 0 Å². The first-order valence-corrected chi connectivity index (χ1v) is 5.53. The summed E-state index contributed by atoms with van der Waals surface area (Å²) >= 11 is 0. The summed E-state index contributed by atoms with van der Waals surface area (Å²) in [5.74, 6) is 0. The third kappa shape index (κ3) is 4.45. The van der Waals surface area contributed by atoms with E-state index >= 15 is 0 Å². The van der Waals surface area contributed by atoms with Crippen molar-refractivity contribution in [2.45, 2.75) is 39.8 Å². The summed E-state index contributed by atoms with van der Waals surface area (Å²) in [4.78, 5) is 0. The number of benzene rings is 1. The highest BCUT2D eigenvalue weighted by Crippen LogP contribution is 2.08. The molecule has 0 saturated carbocycles. The number of nitrogens with one attached hydrogen (secondary N) is 1. The first kappa shape index (κ1) is 12.2. The molecule has 0 fully saturated rings. The Morgan fingerprint density at radius 2 is 1.80 bits per heavy atom. The third-order valence-corrected chi connectivity index (χ3v) is 2.50. The molecule has 0 radical (unpaired) electrons. The normalized spacial score (nSPS) is 12.8. The Balaban J connectivity index is 2.50. The molecule has 1 atom stereocenters. The van der Waals surface area contributed by atoms with Crippen molar-refractivity contribution in [1.29, 1.82) is 0 Å². The van der Waals surface area contributed by atoms with Crippen molar-refractivity contribution in [2.75, 3.05) is 6.61 Å². The summed E-state index contributed by atoms with van der Waals surface area (Å²) in [6.07, 6.45) is 0.810. The molecule has 0 aliphatic rings. The van der Waals surface area contributed by atoms with E-state index in [9.17, 15) is 0 Å². The topological polar surface area (TPSA) is 32.3 Å². The van der Waals surface area contributed by atoms with Crippen LogP contribution in [0.15, 0.2) is 18.2 Å². The highest BCUT2D eigenvalue weighted by atomic mass is 16.3. The zero-order chi connectivity index (χ0) is 11.3. The van der Waals surface area contributed by atoms with E-state index in [2.05, 4.69) is 44.3 Å². The van der Waals surface area contributed by atoms with Gasteiger partial charge in [0.1, 0.15) is 0 Å². The SMILES string of the molecule is Cc1cc(C)cc(CN[C@H](C)CCO)c1. The van der Waals surface area contributed by atoms with Crippen molar-refractivity contribution in [3.8, 4) is 0 Å². The van der Waals surface area contributed by atoms with Gasteiger partial charge in [0.2, 0.25) is 0 Å². The lowest BCUT2D eigenvalue weighted by Gasteiger charge is -2.13. The minimum absolute atomic E-state index is 0.251. The molecule has 0 aliphatic carbocycles. The monoisotopic (exact) mass is 207 g/mol. The summed E-state index contributed by atoms with van der Waals surface area (Å²) < 4.78 is 0. The molecule has 0 unspecified atom stereocenters. The van der Waals surface area contributed by atoms with Crippen LogP contribution in [0.3, 0.4) is 0 Å². The molecule has 1 aromatic carbocycles. The number of aryl methyl sites for hydroxylation is 2. The summed E-state index contributed by atoms with van der Waals surface area (Å²) in [5.41, 5.74) is 3.93. The van der Waals surface area contributed by atoms with Crippen LogP contribution < -0.4 is 5.32 Å². The first-order valence-electron chi connectivity index (χ1n) is 5.53. The fourth-order valence-corrected chi connectivity index (χ4v) is 1.76. The van der Waals surface area contributed by atoms with Crippen LogP contribution >= 0.6 is 0 Å². The van der Waals surface area contributed by atoms with Gasteiger partial charge < -0.3 is 10.4 Å². The smallest absolute Gasteiger partial charge is 0.0445 e. The minimum Gasteiger partial charge on any atom is -0.396 e. The number of aliphatic hydroxyl groups excluding tert-OH is 1. The molecule has 0 aromatic heterocycles. The molecule has 2 N–H and O–H groups in total. The average Bonchev–Trinajstić information content (AvgIpc) is 2.14. The third-order valence-electron chi connectivity index (χ3n) is 2.50. The fourth-order valence-electron chi connectivity index (χ4n) is 1.76. The second-order valence-electron chi connectivity index (χ2n) is 4.29. The maximum absolute atomic E-state index is 8.78. The molecule has 0 heterocycles. The van der Waals surface area contributed by atoms with Crippen molar-refractivity contribution >= 4 is 0 Å². The lowest BCUT2D eigenvalue weighted by atomic mass is 10.1. The number of rotatable bonds is 5. The van der Waals surface area contributed by atoms with Crippen LogP contribution in [0.4, 0.5) is 0 Å². The molecule has 2 heteroatoms. The zero-order valence-corrected chi connectivity index (χ0v) is 9.88. The van der Waals surface area contributed by atoms with Gasteiger partial charge >= 0.3 is 0 Å². The van der Waals surface area contributed by atoms with E-state index in [1.807, 2.05) is 0 Å². The molecular formula is C13H21NO. The van der Waals surface area contributed by atoms with E-state index in [-0.39, 0.29) is 6.61 Å². The zero-order valence-electron chi connectivity index (χ0n) is 9.88. The number of aliphatic hydroxyl groups is 1. The van der Waals surface area contributed by atoms with E-state index in [0.717, 1.165) is 13.0 Å². The summed E-state index contributed by atoms with van der Waals surface area (Å²) in [7, 11) is 0. The van der Waals surface area contributed by atoms with Crippen LogP contribution in [0.1, 0.15) is 30.0 Å². The van der Waals surface area contributed by atoms with Gasteiger partial charge in [0.25, 0.3) is 0 Å². The highest BCUT2D eigenvalue weighted by Gasteiger charge is 2.01. The number of hydrogen-bond acceptors (Lipinski definition) is 2. The van der Waals surface area contributed by atoms with E-state index < -0.39 is 0 Å². The second kappa shape index (κ2) is 5.89. The van der Waals surface area contributed by atoms with Crippen molar-refractivity contribution in [1.82, 2.24) is 5.32 Å². The Morgan fingerprint density at radius 3 is 2.33 bits per heavy atom. The molecule has 2 nitrogen and oxygen atoms in total. The Bertz CT molecular complexity index is 289. The molecule has 0 spiro atoms. The molecule has 15 heavy (non-hydrogen) atoms. The molecule has 1 rings (SSSR count). The molecule has 84 valence electrons. The van der Waals surface area contributed by atoms with Gasteiger partial charge in [-0.1, -0.05) is 29.3 Å². The Morgan fingerprint density at radius 1 is 1.20 bits per heavy atom. The Labute approximate surface area is 92.3 Å². The Kier molecular flexibility index (Phi) is 4.79. The fraction of sp³-hybridized carbons (Fsp3) is 0.538. The van der Waals surface area contributed by atoms with Gasteiger partial charge in [0.05, 0.1) is 0 Å². The van der Waals surface area contributed by atoms with Gasteiger partial charge in [-0.15, -0.1) is 0 Å².